The normalized spacial score (nSPS) is 16.2. The topological polar surface area (TPSA) is 78.1 Å². The molecule has 0 saturated carbocycles. The molecule has 0 bridgehead atoms. The van der Waals surface area contributed by atoms with E-state index in [9.17, 15) is 14.0 Å². The van der Waals surface area contributed by atoms with Crippen LogP contribution in [0.3, 0.4) is 0 Å². The Morgan fingerprint density at radius 2 is 2.11 bits per heavy atom. The van der Waals surface area contributed by atoms with Crippen LogP contribution in [0.2, 0.25) is 0 Å². The summed E-state index contributed by atoms with van der Waals surface area (Å²) >= 11 is 0. The van der Waals surface area contributed by atoms with Crippen molar-refractivity contribution in [3.8, 4) is 11.1 Å². The Kier molecular flexibility index (Phi) is 5.88. The summed E-state index contributed by atoms with van der Waals surface area (Å²) in [5, 5.41) is 9.93. The van der Waals surface area contributed by atoms with Crippen molar-refractivity contribution in [3.63, 3.8) is 0 Å². The first-order valence-corrected chi connectivity index (χ1v) is 9.37. The third-order valence-corrected chi connectivity index (χ3v) is 5.09. The molecule has 6 nitrogen and oxygen atoms in total. The van der Waals surface area contributed by atoms with Crippen LogP contribution in [0, 0.1) is 5.82 Å². The monoisotopic (exact) mass is 372 g/mol. The molecule has 27 heavy (non-hydrogen) atoms. The van der Waals surface area contributed by atoms with Gasteiger partial charge in [-0.15, -0.1) is 0 Å². The number of piperidine rings is 1. The van der Waals surface area contributed by atoms with Gasteiger partial charge in [0.25, 0.3) is 0 Å². The summed E-state index contributed by atoms with van der Waals surface area (Å²) in [5.74, 6) is -0.216. The molecular formula is C20H25FN4O2. The molecule has 7 heteroatoms. The predicted octanol–water partition coefficient (Wildman–Crippen LogP) is 2.84. The van der Waals surface area contributed by atoms with Gasteiger partial charge in [-0.2, -0.15) is 5.10 Å². The molecule has 1 aromatic carbocycles. The first kappa shape index (κ1) is 19.1. The standard InChI is InChI=1S/C20H25FN4O2/c1-3-18(26)23-13(2)20(27)25-9-7-14(8-10-25)19-17(12-22-24-19)15-5-4-6-16(21)11-15/h4-6,11-14H,3,7-10H2,1-2H3,(H,22,24)(H,23,26)/t13-/m1/s1. The van der Waals surface area contributed by atoms with E-state index in [0.29, 0.717) is 19.5 Å². The Hall–Kier alpha value is -2.70. The third-order valence-electron chi connectivity index (χ3n) is 5.09. The summed E-state index contributed by atoms with van der Waals surface area (Å²) in [5.41, 5.74) is 2.69. The number of halogens is 1. The zero-order chi connectivity index (χ0) is 19.4. The van der Waals surface area contributed by atoms with Crippen LogP contribution in [0.25, 0.3) is 11.1 Å². The highest BCUT2D eigenvalue weighted by Crippen LogP contribution is 2.34. The largest absolute Gasteiger partial charge is 0.345 e. The van der Waals surface area contributed by atoms with E-state index in [1.807, 2.05) is 6.07 Å². The summed E-state index contributed by atoms with van der Waals surface area (Å²) in [6.07, 6.45) is 3.68. The van der Waals surface area contributed by atoms with Gasteiger partial charge in [-0.3, -0.25) is 14.7 Å². The summed E-state index contributed by atoms with van der Waals surface area (Å²) in [6.45, 7) is 4.73. The molecule has 3 rings (SSSR count). The van der Waals surface area contributed by atoms with Crippen LogP contribution < -0.4 is 5.32 Å². The van der Waals surface area contributed by atoms with E-state index in [0.717, 1.165) is 29.7 Å². The fourth-order valence-corrected chi connectivity index (χ4v) is 3.56. The molecule has 2 N–H and O–H groups in total. The lowest BCUT2D eigenvalue weighted by Crippen LogP contribution is -2.49. The van der Waals surface area contributed by atoms with Gasteiger partial charge in [-0.05, 0) is 37.5 Å². The second kappa shape index (κ2) is 8.33. The molecule has 2 amide bonds. The smallest absolute Gasteiger partial charge is 0.244 e. The number of rotatable bonds is 5. The zero-order valence-electron chi connectivity index (χ0n) is 15.7. The number of benzene rings is 1. The summed E-state index contributed by atoms with van der Waals surface area (Å²) in [6, 6.07) is 5.98. The van der Waals surface area contributed by atoms with Crippen LogP contribution >= 0.6 is 0 Å². The van der Waals surface area contributed by atoms with Crippen molar-refractivity contribution in [2.24, 2.45) is 0 Å². The number of carbonyl (C=O) groups excluding carboxylic acids is 2. The van der Waals surface area contributed by atoms with Crippen molar-refractivity contribution in [2.45, 2.75) is 45.1 Å². The quantitative estimate of drug-likeness (QED) is 0.847. The minimum atomic E-state index is -0.510. The lowest BCUT2D eigenvalue weighted by molar-refractivity contribution is -0.136. The highest BCUT2D eigenvalue weighted by Gasteiger charge is 2.29. The third kappa shape index (κ3) is 4.35. The van der Waals surface area contributed by atoms with Gasteiger partial charge >= 0.3 is 0 Å². The number of nitrogens with zero attached hydrogens (tertiary/aromatic N) is 2. The molecular weight excluding hydrogens is 347 g/mol. The van der Waals surface area contributed by atoms with E-state index < -0.39 is 6.04 Å². The number of hydrogen-bond donors (Lipinski definition) is 2. The van der Waals surface area contributed by atoms with Gasteiger partial charge in [0.05, 0.1) is 6.20 Å². The van der Waals surface area contributed by atoms with Crippen LogP contribution in [0.1, 0.15) is 44.7 Å². The maximum Gasteiger partial charge on any atom is 0.244 e. The highest BCUT2D eigenvalue weighted by atomic mass is 19.1. The van der Waals surface area contributed by atoms with E-state index >= 15 is 0 Å². The fraction of sp³-hybridized carbons (Fsp3) is 0.450. The lowest BCUT2D eigenvalue weighted by Gasteiger charge is -2.33. The molecule has 144 valence electrons. The molecule has 1 fully saturated rings. The molecule has 0 unspecified atom stereocenters. The molecule has 2 aromatic rings. The van der Waals surface area contributed by atoms with E-state index in [2.05, 4.69) is 15.5 Å². The van der Waals surface area contributed by atoms with Crippen LogP contribution in [-0.2, 0) is 9.59 Å². The van der Waals surface area contributed by atoms with Crippen LogP contribution in [-0.4, -0.2) is 46.0 Å². The minimum absolute atomic E-state index is 0.0507. The number of hydrogen-bond acceptors (Lipinski definition) is 3. The fourth-order valence-electron chi connectivity index (χ4n) is 3.56. The minimum Gasteiger partial charge on any atom is -0.345 e. The van der Waals surface area contributed by atoms with E-state index in [4.69, 9.17) is 0 Å². The van der Waals surface area contributed by atoms with Crippen molar-refractivity contribution in [1.82, 2.24) is 20.4 Å². The molecule has 0 spiro atoms. The number of aromatic amines is 1. The number of nitrogens with one attached hydrogen (secondary N) is 2. The SMILES string of the molecule is CCC(=O)N[C@H](C)C(=O)N1CCC(c2[nH]ncc2-c2cccc(F)c2)CC1. The van der Waals surface area contributed by atoms with Crippen LogP contribution in [0.4, 0.5) is 4.39 Å². The van der Waals surface area contributed by atoms with Gasteiger partial charge in [0.2, 0.25) is 11.8 Å². The van der Waals surface area contributed by atoms with Gasteiger partial charge in [0.1, 0.15) is 11.9 Å². The molecule has 0 aliphatic carbocycles. The molecule has 1 atom stereocenters. The second-order valence-corrected chi connectivity index (χ2v) is 6.95. The number of H-pyrrole nitrogens is 1. The number of aromatic nitrogens is 2. The Morgan fingerprint density at radius 1 is 1.37 bits per heavy atom. The Balaban J connectivity index is 1.64. The predicted molar refractivity (Wildman–Crippen MR) is 100 cm³/mol. The van der Waals surface area contributed by atoms with Crippen LogP contribution in [0.15, 0.2) is 30.5 Å². The Labute approximate surface area is 158 Å². The highest BCUT2D eigenvalue weighted by molar-refractivity contribution is 5.87. The van der Waals surface area contributed by atoms with E-state index in [1.165, 1.54) is 12.1 Å². The number of likely N-dealkylation sites (tertiary alicyclic amines) is 1. The van der Waals surface area contributed by atoms with Gasteiger partial charge in [0, 0.05) is 36.7 Å². The number of amides is 2. The van der Waals surface area contributed by atoms with Crippen molar-refractivity contribution in [3.05, 3.63) is 42.0 Å². The lowest BCUT2D eigenvalue weighted by atomic mass is 9.89. The van der Waals surface area contributed by atoms with Crippen molar-refractivity contribution in [1.29, 1.82) is 0 Å². The first-order valence-electron chi connectivity index (χ1n) is 9.37. The summed E-state index contributed by atoms with van der Waals surface area (Å²) in [4.78, 5) is 25.8. The molecule has 1 aromatic heterocycles. The van der Waals surface area contributed by atoms with Crippen LogP contribution in [0.5, 0.6) is 0 Å². The van der Waals surface area contributed by atoms with E-state index in [-0.39, 0.29) is 23.5 Å². The molecule has 1 aliphatic rings. The number of carbonyl (C=O) groups is 2. The Morgan fingerprint density at radius 3 is 2.78 bits per heavy atom. The van der Waals surface area contributed by atoms with Gasteiger partial charge in [-0.1, -0.05) is 19.1 Å². The molecule has 0 radical (unpaired) electrons. The average molecular weight is 372 g/mol. The molecule has 2 heterocycles. The van der Waals surface area contributed by atoms with Gasteiger partial charge in [0.15, 0.2) is 0 Å². The molecule has 1 aliphatic heterocycles. The van der Waals surface area contributed by atoms with Crippen molar-refractivity contribution >= 4 is 11.8 Å². The van der Waals surface area contributed by atoms with Crippen molar-refractivity contribution in [2.75, 3.05) is 13.1 Å². The first-order chi connectivity index (χ1) is 13.0. The van der Waals surface area contributed by atoms with Crippen molar-refractivity contribution < 1.29 is 14.0 Å². The van der Waals surface area contributed by atoms with Gasteiger partial charge < -0.3 is 10.2 Å². The maximum atomic E-state index is 13.6. The van der Waals surface area contributed by atoms with E-state index in [1.54, 1.807) is 31.0 Å². The average Bonchev–Trinajstić information content (AvgIpc) is 3.17. The maximum absolute atomic E-state index is 13.6. The second-order valence-electron chi connectivity index (χ2n) is 6.95. The Bertz CT molecular complexity index is 812. The summed E-state index contributed by atoms with van der Waals surface area (Å²) < 4.78 is 13.6. The molecule has 1 saturated heterocycles. The zero-order valence-corrected chi connectivity index (χ0v) is 15.7. The van der Waals surface area contributed by atoms with Gasteiger partial charge in [-0.25, -0.2) is 4.39 Å². The summed E-state index contributed by atoms with van der Waals surface area (Å²) in [7, 11) is 0.